The van der Waals surface area contributed by atoms with E-state index in [0.717, 1.165) is 43.1 Å². The second-order valence-electron chi connectivity index (χ2n) is 5.59. The Balaban J connectivity index is 1.59. The van der Waals surface area contributed by atoms with Gasteiger partial charge < -0.3 is 4.90 Å². The van der Waals surface area contributed by atoms with Crippen LogP contribution < -0.4 is 0 Å². The van der Waals surface area contributed by atoms with Crippen molar-refractivity contribution in [2.75, 3.05) is 6.54 Å². The van der Waals surface area contributed by atoms with Gasteiger partial charge in [-0.1, -0.05) is 0 Å². The Morgan fingerprint density at radius 1 is 1.45 bits per heavy atom. The molecule has 0 aromatic carbocycles. The standard InChI is InChI=1S/C15H16N2OS2/c1-9-16-12(8-19-9)14-6-11-7-17(5-4-13(11)20-14)15(18)10-2-3-10/h6,8,10H,2-5,7H2,1H3. The van der Waals surface area contributed by atoms with E-state index in [4.69, 9.17) is 0 Å². The lowest BCUT2D eigenvalue weighted by atomic mass is 10.1. The fourth-order valence-electron chi connectivity index (χ4n) is 2.71. The summed E-state index contributed by atoms with van der Waals surface area (Å²) in [5, 5.41) is 3.23. The van der Waals surface area contributed by atoms with Gasteiger partial charge in [-0.15, -0.1) is 22.7 Å². The highest BCUT2D eigenvalue weighted by atomic mass is 32.1. The molecule has 20 heavy (non-hydrogen) atoms. The van der Waals surface area contributed by atoms with Gasteiger partial charge in [-0.2, -0.15) is 0 Å². The fourth-order valence-corrected chi connectivity index (χ4v) is 4.52. The maximum Gasteiger partial charge on any atom is 0.225 e. The Hall–Kier alpha value is -1.20. The molecule has 0 bridgehead atoms. The normalized spacial score (nSPS) is 18.1. The van der Waals surface area contributed by atoms with Crippen LogP contribution in [0.15, 0.2) is 11.4 Å². The zero-order valence-corrected chi connectivity index (χ0v) is 13.0. The van der Waals surface area contributed by atoms with E-state index in [2.05, 4.69) is 16.4 Å². The quantitative estimate of drug-likeness (QED) is 0.851. The zero-order valence-electron chi connectivity index (χ0n) is 11.4. The van der Waals surface area contributed by atoms with E-state index in [0.29, 0.717) is 11.8 Å². The zero-order chi connectivity index (χ0) is 13.7. The number of thiazole rings is 1. The Bertz CT molecular complexity index is 669. The summed E-state index contributed by atoms with van der Waals surface area (Å²) in [4.78, 5) is 21.5. The Kier molecular flexibility index (Phi) is 2.93. The number of aryl methyl sites for hydroxylation is 1. The lowest BCUT2D eigenvalue weighted by molar-refractivity contribution is -0.133. The number of fused-ring (bicyclic) bond motifs is 1. The minimum absolute atomic E-state index is 0.329. The predicted molar refractivity (Wildman–Crippen MR) is 82.0 cm³/mol. The van der Waals surface area contributed by atoms with Crippen molar-refractivity contribution in [3.05, 3.63) is 26.9 Å². The molecule has 0 radical (unpaired) electrons. The summed E-state index contributed by atoms with van der Waals surface area (Å²) in [5.41, 5.74) is 2.42. The average Bonchev–Trinajstić information content (AvgIpc) is 3.06. The third-order valence-electron chi connectivity index (χ3n) is 3.98. The van der Waals surface area contributed by atoms with Gasteiger partial charge in [0.1, 0.15) is 0 Å². The van der Waals surface area contributed by atoms with Crippen molar-refractivity contribution in [3.8, 4) is 10.6 Å². The van der Waals surface area contributed by atoms with Crippen LogP contribution in [0.5, 0.6) is 0 Å². The predicted octanol–water partition coefficient (Wildman–Crippen LogP) is 3.47. The highest BCUT2D eigenvalue weighted by Gasteiger charge is 2.35. The first-order valence-electron chi connectivity index (χ1n) is 7.03. The van der Waals surface area contributed by atoms with E-state index in [1.807, 2.05) is 23.2 Å². The number of carbonyl (C=O) groups excluding carboxylic acids is 1. The van der Waals surface area contributed by atoms with Gasteiger partial charge in [0.15, 0.2) is 0 Å². The van der Waals surface area contributed by atoms with Crippen LogP contribution in [-0.2, 0) is 17.8 Å². The minimum Gasteiger partial charge on any atom is -0.338 e. The van der Waals surface area contributed by atoms with Crippen LogP contribution >= 0.6 is 22.7 Å². The topological polar surface area (TPSA) is 33.2 Å². The van der Waals surface area contributed by atoms with Crippen molar-refractivity contribution < 1.29 is 4.79 Å². The van der Waals surface area contributed by atoms with E-state index in [1.54, 1.807) is 11.3 Å². The van der Waals surface area contributed by atoms with Crippen LogP contribution in [0, 0.1) is 12.8 Å². The van der Waals surface area contributed by atoms with Gasteiger partial charge in [-0.3, -0.25) is 4.79 Å². The molecule has 5 heteroatoms. The summed E-state index contributed by atoms with van der Waals surface area (Å²) >= 11 is 3.54. The molecule has 1 aliphatic carbocycles. The maximum atomic E-state index is 12.2. The molecule has 1 aliphatic heterocycles. The molecule has 0 atom stereocenters. The monoisotopic (exact) mass is 304 g/mol. The van der Waals surface area contributed by atoms with Gasteiger partial charge in [0, 0.05) is 29.3 Å². The van der Waals surface area contributed by atoms with Crippen molar-refractivity contribution in [2.24, 2.45) is 5.92 Å². The molecular formula is C15H16N2OS2. The number of nitrogens with zero attached hydrogens (tertiary/aromatic N) is 2. The Labute approximate surface area is 126 Å². The first-order chi connectivity index (χ1) is 9.70. The third-order valence-corrected chi connectivity index (χ3v) is 6.01. The summed E-state index contributed by atoms with van der Waals surface area (Å²) in [6.07, 6.45) is 3.19. The molecule has 1 amide bonds. The highest BCUT2D eigenvalue weighted by molar-refractivity contribution is 7.16. The van der Waals surface area contributed by atoms with Crippen molar-refractivity contribution in [1.82, 2.24) is 9.88 Å². The van der Waals surface area contributed by atoms with Gasteiger partial charge >= 0.3 is 0 Å². The average molecular weight is 304 g/mol. The molecule has 3 heterocycles. The number of thiophene rings is 1. The molecule has 2 aromatic rings. The summed E-state index contributed by atoms with van der Waals surface area (Å²) in [7, 11) is 0. The van der Waals surface area contributed by atoms with Gasteiger partial charge in [-0.25, -0.2) is 4.98 Å². The van der Waals surface area contributed by atoms with Gasteiger partial charge in [0.2, 0.25) is 5.91 Å². The number of amides is 1. The summed E-state index contributed by atoms with van der Waals surface area (Å²) in [6, 6.07) is 2.24. The van der Waals surface area contributed by atoms with E-state index in [1.165, 1.54) is 15.3 Å². The van der Waals surface area contributed by atoms with Crippen LogP contribution in [0.3, 0.4) is 0 Å². The molecule has 4 rings (SSSR count). The second kappa shape index (κ2) is 4.67. The van der Waals surface area contributed by atoms with Crippen LogP contribution in [0.25, 0.3) is 10.6 Å². The summed E-state index contributed by atoms with van der Waals surface area (Å²) in [6.45, 7) is 3.72. The lowest BCUT2D eigenvalue weighted by Gasteiger charge is -2.27. The minimum atomic E-state index is 0.329. The van der Waals surface area contributed by atoms with E-state index < -0.39 is 0 Å². The SMILES string of the molecule is Cc1nc(-c2cc3c(s2)CCN(C(=O)C2CC2)C3)cs1. The van der Waals surface area contributed by atoms with Crippen LogP contribution in [0.2, 0.25) is 0 Å². The number of rotatable bonds is 2. The molecule has 1 fully saturated rings. The first-order valence-corrected chi connectivity index (χ1v) is 8.73. The lowest BCUT2D eigenvalue weighted by Crippen LogP contribution is -2.36. The number of hydrogen-bond acceptors (Lipinski definition) is 4. The van der Waals surface area contributed by atoms with Crippen LogP contribution in [0.1, 0.15) is 28.3 Å². The third kappa shape index (κ3) is 2.19. The number of aromatic nitrogens is 1. The molecule has 0 saturated heterocycles. The molecule has 2 aromatic heterocycles. The molecule has 0 N–H and O–H groups in total. The molecule has 104 valence electrons. The van der Waals surface area contributed by atoms with Crippen molar-refractivity contribution >= 4 is 28.6 Å². The Morgan fingerprint density at radius 2 is 2.30 bits per heavy atom. The summed E-state index contributed by atoms with van der Waals surface area (Å²) < 4.78 is 0. The second-order valence-corrected chi connectivity index (χ2v) is 7.79. The Morgan fingerprint density at radius 3 is 3.00 bits per heavy atom. The van der Waals surface area contributed by atoms with Gasteiger partial charge in [0.25, 0.3) is 0 Å². The largest absolute Gasteiger partial charge is 0.338 e. The molecular weight excluding hydrogens is 288 g/mol. The van der Waals surface area contributed by atoms with Crippen molar-refractivity contribution in [3.63, 3.8) is 0 Å². The van der Waals surface area contributed by atoms with E-state index in [9.17, 15) is 4.79 Å². The molecule has 1 saturated carbocycles. The molecule has 0 unspecified atom stereocenters. The number of carbonyl (C=O) groups is 1. The number of hydrogen-bond donors (Lipinski definition) is 0. The molecule has 0 spiro atoms. The van der Waals surface area contributed by atoms with Crippen molar-refractivity contribution in [1.29, 1.82) is 0 Å². The highest BCUT2D eigenvalue weighted by Crippen LogP contribution is 2.37. The van der Waals surface area contributed by atoms with Gasteiger partial charge in [-0.05, 0) is 37.8 Å². The molecule has 2 aliphatic rings. The maximum absolute atomic E-state index is 12.2. The molecule has 3 nitrogen and oxygen atoms in total. The van der Waals surface area contributed by atoms with Gasteiger partial charge in [0.05, 0.1) is 15.6 Å². The van der Waals surface area contributed by atoms with E-state index >= 15 is 0 Å². The van der Waals surface area contributed by atoms with Crippen LogP contribution in [-0.4, -0.2) is 22.3 Å². The summed E-state index contributed by atoms with van der Waals surface area (Å²) in [5.74, 6) is 0.698. The fraction of sp³-hybridized carbons (Fsp3) is 0.467. The first kappa shape index (κ1) is 12.5. The van der Waals surface area contributed by atoms with E-state index in [-0.39, 0.29) is 0 Å². The van der Waals surface area contributed by atoms with Crippen LogP contribution in [0.4, 0.5) is 0 Å². The van der Waals surface area contributed by atoms with Crippen molar-refractivity contribution in [2.45, 2.75) is 32.7 Å². The smallest absolute Gasteiger partial charge is 0.225 e.